The third kappa shape index (κ3) is 40.7. The summed E-state index contributed by atoms with van der Waals surface area (Å²) in [4.78, 5) is 22.9. The highest BCUT2D eigenvalue weighted by molar-refractivity contribution is 7.47. The van der Waals surface area contributed by atoms with Crippen LogP contribution in [0.5, 0.6) is 0 Å². The van der Waals surface area contributed by atoms with Crippen molar-refractivity contribution >= 4 is 13.7 Å². The van der Waals surface area contributed by atoms with Gasteiger partial charge in [-0.05, 0) is 44.9 Å². The number of unbranched alkanes of at least 4 members (excludes halogenated alkanes) is 24. The van der Waals surface area contributed by atoms with E-state index in [-0.39, 0.29) is 19.1 Å². The molecule has 1 amide bonds. The third-order valence-electron chi connectivity index (χ3n) is 10.1. The Morgan fingerprint density at radius 3 is 1.53 bits per heavy atom. The first kappa shape index (κ1) is 53.7. The van der Waals surface area contributed by atoms with E-state index in [2.05, 4.69) is 43.5 Å². The molecule has 0 aromatic carbocycles. The Morgan fingerprint density at radius 1 is 0.618 bits per heavy atom. The fourth-order valence-corrected chi connectivity index (χ4v) is 7.15. The van der Waals surface area contributed by atoms with E-state index in [1.54, 1.807) is 6.08 Å². The summed E-state index contributed by atoms with van der Waals surface area (Å²) in [5, 5.41) is 13.5. The Hall–Kier alpha value is -1.28. The second kappa shape index (κ2) is 38.2. The van der Waals surface area contributed by atoms with Crippen LogP contribution in [0.15, 0.2) is 36.5 Å². The van der Waals surface area contributed by atoms with Crippen LogP contribution in [0.1, 0.15) is 200 Å². The van der Waals surface area contributed by atoms with Gasteiger partial charge in [-0.1, -0.05) is 185 Å². The molecule has 0 fully saturated rings. The van der Waals surface area contributed by atoms with Gasteiger partial charge in [-0.25, -0.2) is 4.57 Å². The summed E-state index contributed by atoms with van der Waals surface area (Å²) in [5.74, 6) is -0.186. The number of phosphoric ester groups is 1. The Kier molecular flexibility index (Phi) is 37.4. The summed E-state index contributed by atoms with van der Waals surface area (Å²) in [7, 11) is 1.57. The first-order chi connectivity index (χ1) is 26.5. The molecule has 0 aromatic heterocycles. The van der Waals surface area contributed by atoms with Gasteiger partial charge in [0.1, 0.15) is 13.2 Å². The zero-order valence-electron chi connectivity index (χ0n) is 36.7. The van der Waals surface area contributed by atoms with E-state index in [1.165, 1.54) is 135 Å². The van der Waals surface area contributed by atoms with Crippen molar-refractivity contribution in [3.63, 3.8) is 0 Å². The Labute approximate surface area is 340 Å². The van der Waals surface area contributed by atoms with Crippen molar-refractivity contribution in [1.82, 2.24) is 5.32 Å². The van der Waals surface area contributed by atoms with Crippen LogP contribution < -0.4 is 5.32 Å². The van der Waals surface area contributed by atoms with Gasteiger partial charge in [0.2, 0.25) is 5.91 Å². The van der Waals surface area contributed by atoms with Gasteiger partial charge in [0.05, 0.1) is 39.9 Å². The number of quaternary nitrogens is 1. The standard InChI is InChI=1S/C46H89N2O6P/c1-6-8-10-12-13-14-15-16-17-18-19-20-21-22-23-24-25-26-27-28-29-30-31-32-33-34-35-36-38-40-46(50)47-44(45(49)39-37-11-9-7-2)43-54-55(51,52)53-42-41-48(3,4)5/h15-16,18-19,37,39,44-45,49H,6-14,17,20-36,38,40-43H2,1-5H3,(H-,47,50,51,52)/p+1/b16-15-,19-18-,39-37+. The fraction of sp³-hybridized carbons (Fsp3) is 0.848. The van der Waals surface area contributed by atoms with E-state index in [9.17, 15) is 19.4 Å². The number of hydrogen-bond acceptors (Lipinski definition) is 5. The van der Waals surface area contributed by atoms with Gasteiger partial charge in [-0.3, -0.25) is 13.8 Å². The molecule has 8 nitrogen and oxygen atoms in total. The summed E-state index contributed by atoms with van der Waals surface area (Å²) in [6.07, 6.45) is 47.3. The number of nitrogens with zero attached hydrogens (tertiary/aromatic N) is 1. The van der Waals surface area contributed by atoms with Gasteiger partial charge in [0.15, 0.2) is 0 Å². The zero-order valence-corrected chi connectivity index (χ0v) is 37.6. The number of amides is 1. The van der Waals surface area contributed by atoms with Crippen LogP contribution in [0.3, 0.4) is 0 Å². The summed E-state index contributed by atoms with van der Waals surface area (Å²) < 4.78 is 23.3. The highest BCUT2D eigenvalue weighted by Gasteiger charge is 2.27. The van der Waals surface area contributed by atoms with Crippen LogP contribution in [0, 0.1) is 0 Å². The third-order valence-corrected chi connectivity index (χ3v) is 11.1. The molecule has 55 heavy (non-hydrogen) atoms. The highest BCUT2D eigenvalue weighted by atomic mass is 31.2. The number of phosphoric acid groups is 1. The molecule has 0 rings (SSSR count). The molecular weight excluding hydrogens is 707 g/mol. The first-order valence-corrected chi connectivity index (χ1v) is 24.4. The molecule has 0 saturated heterocycles. The molecule has 3 unspecified atom stereocenters. The molecule has 0 heterocycles. The zero-order chi connectivity index (χ0) is 40.7. The molecule has 0 aromatic rings. The Balaban J connectivity index is 3.84. The summed E-state index contributed by atoms with van der Waals surface area (Å²) in [5.41, 5.74) is 0. The van der Waals surface area contributed by atoms with E-state index in [1.807, 2.05) is 27.2 Å². The molecule has 3 atom stereocenters. The number of hydrogen-bond donors (Lipinski definition) is 3. The van der Waals surface area contributed by atoms with E-state index in [0.717, 1.165) is 44.9 Å². The lowest BCUT2D eigenvalue weighted by atomic mass is 10.0. The van der Waals surface area contributed by atoms with Gasteiger partial charge in [0, 0.05) is 6.42 Å². The van der Waals surface area contributed by atoms with E-state index >= 15 is 0 Å². The van der Waals surface area contributed by atoms with Gasteiger partial charge in [-0.2, -0.15) is 0 Å². The van der Waals surface area contributed by atoms with Crippen LogP contribution >= 0.6 is 7.82 Å². The lowest BCUT2D eigenvalue weighted by Crippen LogP contribution is -2.45. The van der Waals surface area contributed by atoms with E-state index in [0.29, 0.717) is 17.4 Å². The predicted molar refractivity (Wildman–Crippen MR) is 235 cm³/mol. The Bertz CT molecular complexity index is 995. The second-order valence-corrected chi connectivity index (χ2v) is 18.2. The number of carbonyl (C=O) groups is 1. The number of carbonyl (C=O) groups excluding carboxylic acids is 1. The van der Waals surface area contributed by atoms with Crippen molar-refractivity contribution in [3.8, 4) is 0 Å². The number of allylic oxidation sites excluding steroid dienone is 5. The number of likely N-dealkylation sites (N-methyl/N-ethyl adjacent to an activating group) is 1. The van der Waals surface area contributed by atoms with Crippen molar-refractivity contribution in [2.45, 2.75) is 212 Å². The second-order valence-electron chi connectivity index (χ2n) is 16.8. The number of nitrogens with one attached hydrogen (secondary N) is 1. The molecule has 9 heteroatoms. The maximum Gasteiger partial charge on any atom is 0.472 e. The first-order valence-electron chi connectivity index (χ1n) is 22.9. The molecule has 0 aliphatic rings. The highest BCUT2D eigenvalue weighted by Crippen LogP contribution is 2.43. The molecule has 0 bridgehead atoms. The van der Waals surface area contributed by atoms with Gasteiger partial charge in [-0.15, -0.1) is 0 Å². The average molecular weight is 798 g/mol. The van der Waals surface area contributed by atoms with Crippen molar-refractivity contribution < 1.29 is 32.9 Å². The van der Waals surface area contributed by atoms with Gasteiger partial charge in [0.25, 0.3) is 0 Å². The molecule has 3 N–H and O–H groups in total. The van der Waals surface area contributed by atoms with Crippen LogP contribution in [0.25, 0.3) is 0 Å². The Morgan fingerprint density at radius 2 is 1.05 bits per heavy atom. The minimum absolute atomic E-state index is 0.0607. The summed E-state index contributed by atoms with van der Waals surface area (Å²) in [6.45, 7) is 4.65. The van der Waals surface area contributed by atoms with E-state index < -0.39 is 20.0 Å². The topological polar surface area (TPSA) is 105 Å². The van der Waals surface area contributed by atoms with Gasteiger partial charge >= 0.3 is 7.82 Å². The summed E-state index contributed by atoms with van der Waals surface area (Å²) in [6, 6.07) is -0.840. The van der Waals surface area contributed by atoms with Crippen LogP contribution in [0.2, 0.25) is 0 Å². The van der Waals surface area contributed by atoms with Gasteiger partial charge < -0.3 is 19.8 Å². The van der Waals surface area contributed by atoms with Crippen LogP contribution in [-0.2, 0) is 18.4 Å². The average Bonchev–Trinajstić information content (AvgIpc) is 3.13. The predicted octanol–water partition coefficient (Wildman–Crippen LogP) is 12.7. The molecule has 0 radical (unpaired) electrons. The van der Waals surface area contributed by atoms with Crippen molar-refractivity contribution in [3.05, 3.63) is 36.5 Å². The van der Waals surface area contributed by atoms with Crippen molar-refractivity contribution in [1.29, 1.82) is 0 Å². The molecule has 0 aliphatic carbocycles. The van der Waals surface area contributed by atoms with Crippen LogP contribution in [0.4, 0.5) is 0 Å². The molecule has 0 saturated carbocycles. The minimum Gasteiger partial charge on any atom is -0.387 e. The van der Waals surface area contributed by atoms with E-state index in [4.69, 9.17) is 9.05 Å². The lowest BCUT2D eigenvalue weighted by molar-refractivity contribution is -0.870. The molecule has 0 spiro atoms. The maximum absolute atomic E-state index is 12.7. The number of rotatable bonds is 41. The van der Waals surface area contributed by atoms with Crippen molar-refractivity contribution in [2.24, 2.45) is 0 Å². The quantitative estimate of drug-likeness (QED) is 0.0246. The lowest BCUT2D eigenvalue weighted by Gasteiger charge is -2.25. The fourth-order valence-electron chi connectivity index (χ4n) is 6.41. The SMILES string of the molecule is CCCC/C=C/C(O)C(COP(=O)(O)OCC[N+](C)(C)C)NC(=O)CCCCCCCCCCCCCCCCCCC/C=C\C/C=C\CCCCCCC. The molecule has 0 aliphatic heterocycles. The minimum atomic E-state index is -4.32. The maximum atomic E-state index is 12.7. The van der Waals surface area contributed by atoms with Crippen LogP contribution in [-0.4, -0.2) is 73.4 Å². The number of aliphatic hydroxyl groups excluding tert-OH is 1. The molecule has 324 valence electrons. The largest absolute Gasteiger partial charge is 0.472 e. The number of aliphatic hydroxyl groups is 1. The molecular formula is C46H90N2O6P+. The summed E-state index contributed by atoms with van der Waals surface area (Å²) >= 11 is 0. The smallest absolute Gasteiger partial charge is 0.387 e. The normalized spacial score (nSPS) is 14.7. The monoisotopic (exact) mass is 798 g/mol. The van der Waals surface area contributed by atoms with Crippen molar-refractivity contribution in [2.75, 3.05) is 40.9 Å².